The van der Waals surface area contributed by atoms with Gasteiger partial charge in [0.05, 0.1) is 29.6 Å². The molecule has 1 saturated carbocycles. The van der Waals surface area contributed by atoms with Crippen LogP contribution in [-0.4, -0.2) is 43.0 Å². The van der Waals surface area contributed by atoms with Gasteiger partial charge in [-0.1, -0.05) is 17.4 Å². The Hall–Kier alpha value is -3.86. The lowest BCUT2D eigenvalue weighted by Crippen LogP contribution is -2.14. The quantitative estimate of drug-likeness (QED) is 0.426. The number of benzene rings is 1. The second-order valence-electron chi connectivity index (χ2n) is 7.76. The maximum atomic E-state index is 12.3. The summed E-state index contributed by atoms with van der Waals surface area (Å²) in [5.74, 6) is 1.71. The minimum absolute atomic E-state index is 0.00577. The van der Waals surface area contributed by atoms with E-state index >= 15 is 0 Å². The molecule has 33 heavy (non-hydrogen) atoms. The summed E-state index contributed by atoms with van der Waals surface area (Å²) in [4.78, 5) is 21.1. The van der Waals surface area contributed by atoms with Gasteiger partial charge in [-0.3, -0.25) is 9.48 Å². The maximum Gasteiger partial charge on any atom is 0.228 e. The molecule has 0 spiro atoms. The Balaban J connectivity index is 1.55. The monoisotopic (exact) mass is 462 g/mol. The molecule has 0 radical (unpaired) electrons. The van der Waals surface area contributed by atoms with Gasteiger partial charge in [0.2, 0.25) is 5.91 Å². The SMILES string of the molecule is COc1c(Nc2cc(NC(=O)C3CC3)ncc2-c2nnc(C)s2)cccc1-c1ncn(C)n1. The summed E-state index contributed by atoms with van der Waals surface area (Å²) < 4.78 is 7.38. The number of hydrogen-bond acceptors (Lipinski definition) is 9. The van der Waals surface area contributed by atoms with Crippen LogP contribution < -0.4 is 15.4 Å². The van der Waals surface area contributed by atoms with Crippen molar-refractivity contribution in [2.45, 2.75) is 19.8 Å². The molecule has 5 rings (SSSR count). The Labute approximate surface area is 194 Å². The molecule has 10 nitrogen and oxygen atoms in total. The summed E-state index contributed by atoms with van der Waals surface area (Å²) in [5, 5.41) is 20.7. The summed E-state index contributed by atoms with van der Waals surface area (Å²) in [6.07, 6.45) is 5.18. The molecule has 2 N–H and O–H groups in total. The highest BCUT2D eigenvalue weighted by Gasteiger charge is 2.30. The second-order valence-corrected chi connectivity index (χ2v) is 8.94. The minimum Gasteiger partial charge on any atom is -0.494 e. The van der Waals surface area contributed by atoms with Crippen molar-refractivity contribution in [1.29, 1.82) is 0 Å². The van der Waals surface area contributed by atoms with Crippen molar-refractivity contribution in [3.05, 3.63) is 41.8 Å². The number of ether oxygens (including phenoxy) is 1. The molecule has 1 fully saturated rings. The molecule has 1 aliphatic rings. The molecular weight excluding hydrogens is 440 g/mol. The van der Waals surface area contributed by atoms with Gasteiger partial charge >= 0.3 is 0 Å². The number of carbonyl (C=O) groups is 1. The number of nitrogens with one attached hydrogen (secondary N) is 2. The molecule has 1 aromatic carbocycles. The van der Waals surface area contributed by atoms with Crippen LogP contribution in [0.1, 0.15) is 17.8 Å². The van der Waals surface area contributed by atoms with Crippen LogP contribution in [0.25, 0.3) is 22.0 Å². The summed E-state index contributed by atoms with van der Waals surface area (Å²) in [7, 11) is 3.42. The van der Waals surface area contributed by atoms with E-state index in [1.165, 1.54) is 11.3 Å². The molecule has 3 heterocycles. The van der Waals surface area contributed by atoms with Crippen LogP contribution in [0, 0.1) is 12.8 Å². The van der Waals surface area contributed by atoms with Crippen molar-refractivity contribution in [3.63, 3.8) is 0 Å². The third-order valence-electron chi connectivity index (χ3n) is 5.19. The highest BCUT2D eigenvalue weighted by atomic mass is 32.1. The van der Waals surface area contributed by atoms with Crippen LogP contribution in [0.5, 0.6) is 5.75 Å². The minimum atomic E-state index is -0.00577. The molecule has 3 aromatic heterocycles. The molecule has 11 heteroatoms. The van der Waals surface area contributed by atoms with Gasteiger partial charge in [0.15, 0.2) is 16.6 Å². The summed E-state index contributed by atoms with van der Waals surface area (Å²) in [5.41, 5.74) is 2.97. The summed E-state index contributed by atoms with van der Waals surface area (Å²) >= 11 is 1.47. The highest BCUT2D eigenvalue weighted by Crippen LogP contribution is 2.40. The number of nitrogens with zero attached hydrogens (tertiary/aromatic N) is 6. The molecule has 1 amide bonds. The number of para-hydroxylation sites is 1. The number of aromatic nitrogens is 6. The van der Waals surface area contributed by atoms with E-state index in [0.717, 1.165) is 45.4 Å². The third kappa shape index (κ3) is 4.40. The van der Waals surface area contributed by atoms with Crippen LogP contribution in [0.3, 0.4) is 0 Å². The molecular formula is C22H22N8O2S. The first-order chi connectivity index (χ1) is 16.0. The van der Waals surface area contributed by atoms with E-state index in [1.807, 2.05) is 32.2 Å². The maximum absolute atomic E-state index is 12.3. The standard InChI is InChI=1S/C22H22N8O2S/c1-12-27-28-22(33-12)15-10-23-18(26-21(31)13-7-8-13)9-17(15)25-16-6-4-5-14(19(16)32-3)20-24-11-30(2)29-20/h4-6,9-11,13H,7-8H2,1-3H3,(H2,23,25,26,31). The summed E-state index contributed by atoms with van der Waals surface area (Å²) in [6, 6.07) is 7.52. The van der Waals surface area contributed by atoms with Crippen LogP contribution in [0.15, 0.2) is 36.8 Å². The number of methoxy groups -OCH3 is 1. The van der Waals surface area contributed by atoms with E-state index in [0.29, 0.717) is 17.4 Å². The third-order valence-corrected chi connectivity index (χ3v) is 6.06. The fraction of sp³-hybridized carbons (Fsp3) is 0.273. The van der Waals surface area contributed by atoms with Gasteiger partial charge in [-0.15, -0.1) is 10.2 Å². The lowest BCUT2D eigenvalue weighted by molar-refractivity contribution is -0.117. The molecule has 0 atom stereocenters. The molecule has 168 valence electrons. The zero-order valence-corrected chi connectivity index (χ0v) is 19.2. The van der Waals surface area contributed by atoms with E-state index < -0.39 is 0 Å². The first kappa shape index (κ1) is 21.0. The molecule has 0 bridgehead atoms. The van der Waals surface area contributed by atoms with Crippen molar-refractivity contribution < 1.29 is 9.53 Å². The highest BCUT2D eigenvalue weighted by molar-refractivity contribution is 7.14. The number of hydrogen-bond donors (Lipinski definition) is 2. The Morgan fingerprint density at radius 2 is 2.03 bits per heavy atom. The van der Waals surface area contributed by atoms with Gasteiger partial charge < -0.3 is 15.4 Å². The second kappa shape index (κ2) is 8.58. The van der Waals surface area contributed by atoms with Crippen molar-refractivity contribution in [2.75, 3.05) is 17.7 Å². The zero-order chi connectivity index (χ0) is 22.9. The fourth-order valence-corrected chi connectivity index (χ4v) is 4.13. The number of aryl methyl sites for hydroxylation is 2. The predicted molar refractivity (Wildman–Crippen MR) is 126 cm³/mol. The van der Waals surface area contributed by atoms with Crippen molar-refractivity contribution >= 4 is 34.4 Å². The van der Waals surface area contributed by atoms with Gasteiger partial charge in [0, 0.05) is 25.2 Å². The number of pyridine rings is 1. The van der Waals surface area contributed by atoms with E-state index in [1.54, 1.807) is 30.4 Å². The van der Waals surface area contributed by atoms with E-state index in [4.69, 9.17) is 4.74 Å². The molecule has 4 aromatic rings. The average Bonchev–Trinajstić information content (AvgIpc) is 3.44. The smallest absolute Gasteiger partial charge is 0.228 e. The number of carbonyl (C=O) groups excluding carboxylic acids is 1. The van der Waals surface area contributed by atoms with Crippen LogP contribution in [-0.2, 0) is 11.8 Å². The fourth-order valence-electron chi connectivity index (χ4n) is 3.42. The Bertz CT molecular complexity index is 1330. The van der Waals surface area contributed by atoms with Crippen LogP contribution in [0.2, 0.25) is 0 Å². The first-order valence-electron chi connectivity index (χ1n) is 10.4. The van der Waals surface area contributed by atoms with Gasteiger partial charge in [-0.05, 0) is 31.9 Å². The molecule has 0 saturated heterocycles. The topological polar surface area (TPSA) is 120 Å². The lowest BCUT2D eigenvalue weighted by Gasteiger charge is -2.16. The van der Waals surface area contributed by atoms with Crippen molar-refractivity contribution in [2.24, 2.45) is 13.0 Å². The summed E-state index contributed by atoms with van der Waals surface area (Å²) in [6.45, 7) is 1.90. The molecule has 0 aliphatic heterocycles. The molecule has 1 aliphatic carbocycles. The van der Waals surface area contributed by atoms with E-state index in [-0.39, 0.29) is 11.8 Å². The number of rotatable bonds is 7. The van der Waals surface area contributed by atoms with Gasteiger partial charge in [0.25, 0.3) is 0 Å². The normalized spacial score (nSPS) is 13.1. The largest absolute Gasteiger partial charge is 0.494 e. The predicted octanol–water partition coefficient (Wildman–Crippen LogP) is 3.80. The Morgan fingerprint density at radius 3 is 2.70 bits per heavy atom. The Kier molecular flexibility index (Phi) is 5.47. The molecule has 0 unspecified atom stereocenters. The van der Waals surface area contributed by atoms with Gasteiger partial charge in [0.1, 0.15) is 17.2 Å². The van der Waals surface area contributed by atoms with E-state index in [9.17, 15) is 4.79 Å². The van der Waals surface area contributed by atoms with Crippen molar-refractivity contribution in [3.8, 4) is 27.7 Å². The zero-order valence-electron chi connectivity index (χ0n) is 18.4. The first-order valence-corrected chi connectivity index (χ1v) is 11.2. The Morgan fingerprint density at radius 1 is 1.18 bits per heavy atom. The van der Waals surface area contributed by atoms with Crippen LogP contribution in [0.4, 0.5) is 17.2 Å². The van der Waals surface area contributed by atoms with E-state index in [2.05, 4.69) is 35.9 Å². The average molecular weight is 463 g/mol. The van der Waals surface area contributed by atoms with Crippen molar-refractivity contribution in [1.82, 2.24) is 29.9 Å². The number of amides is 1. The van der Waals surface area contributed by atoms with Gasteiger partial charge in [-0.2, -0.15) is 5.10 Å². The number of anilines is 3. The van der Waals surface area contributed by atoms with Gasteiger partial charge in [-0.25, -0.2) is 9.97 Å². The lowest BCUT2D eigenvalue weighted by atomic mass is 10.1. The van der Waals surface area contributed by atoms with Crippen LogP contribution >= 0.6 is 11.3 Å².